The largest absolute Gasteiger partial charge is 0.459 e. The van der Waals surface area contributed by atoms with Crippen LogP contribution in [0.3, 0.4) is 0 Å². The van der Waals surface area contributed by atoms with E-state index < -0.39 is 5.97 Å². The Morgan fingerprint density at radius 2 is 2.29 bits per heavy atom. The lowest BCUT2D eigenvalue weighted by Crippen LogP contribution is -2.09. The Morgan fingerprint density at radius 1 is 1.33 bits per heavy atom. The number of carbonyl (C=O) groups excluding carboxylic acids is 1. The third-order valence-corrected chi connectivity index (χ3v) is 3.99. The van der Waals surface area contributed by atoms with Gasteiger partial charge in [0.2, 0.25) is 5.89 Å². The molecule has 0 fully saturated rings. The molecule has 24 heavy (non-hydrogen) atoms. The molecule has 0 spiro atoms. The van der Waals surface area contributed by atoms with Crippen molar-refractivity contribution in [1.82, 2.24) is 24.6 Å². The molecule has 0 bridgehead atoms. The zero-order chi connectivity index (χ0) is 16.4. The average Bonchev–Trinajstić information content (AvgIpc) is 3.31. The molecule has 0 amide bonds. The minimum absolute atomic E-state index is 0.0288. The van der Waals surface area contributed by atoms with Crippen molar-refractivity contribution in [3.05, 3.63) is 53.8 Å². The number of hydrogen-bond donors (Lipinski definition) is 0. The van der Waals surface area contributed by atoms with Crippen molar-refractivity contribution in [2.75, 3.05) is 0 Å². The lowest BCUT2D eigenvalue weighted by atomic mass is 10.4. The Balaban J connectivity index is 1.36. The van der Waals surface area contributed by atoms with Crippen molar-refractivity contribution in [2.24, 2.45) is 0 Å². The molecule has 4 heterocycles. The van der Waals surface area contributed by atoms with Crippen LogP contribution in [0.15, 0.2) is 46.7 Å². The van der Waals surface area contributed by atoms with Gasteiger partial charge in [-0.1, -0.05) is 6.07 Å². The summed E-state index contributed by atoms with van der Waals surface area (Å²) in [5, 5.41) is 6.10. The predicted molar refractivity (Wildman–Crippen MR) is 84.1 cm³/mol. The van der Waals surface area contributed by atoms with E-state index in [9.17, 15) is 4.79 Å². The number of oxazole rings is 1. The van der Waals surface area contributed by atoms with Crippen molar-refractivity contribution in [2.45, 2.75) is 13.0 Å². The number of fused-ring (bicyclic) bond motifs is 1. The second kappa shape index (κ2) is 6.20. The van der Waals surface area contributed by atoms with Gasteiger partial charge in [-0.15, -0.1) is 16.4 Å². The maximum Gasteiger partial charge on any atom is 0.314 e. The Hall–Kier alpha value is -3.07. The summed E-state index contributed by atoms with van der Waals surface area (Å²) in [4.78, 5) is 25.3. The third-order valence-electron chi connectivity index (χ3n) is 3.13. The summed E-state index contributed by atoms with van der Waals surface area (Å²) in [5.74, 6) is 0.881. The quantitative estimate of drug-likeness (QED) is 0.513. The van der Waals surface area contributed by atoms with Gasteiger partial charge in [0.05, 0.1) is 4.88 Å². The van der Waals surface area contributed by atoms with Gasteiger partial charge in [-0.3, -0.25) is 4.79 Å². The van der Waals surface area contributed by atoms with E-state index in [1.165, 1.54) is 22.1 Å². The Labute approximate surface area is 139 Å². The number of ether oxygens (including phenoxy) is 1. The van der Waals surface area contributed by atoms with Crippen molar-refractivity contribution in [1.29, 1.82) is 0 Å². The Kier molecular flexibility index (Phi) is 3.75. The van der Waals surface area contributed by atoms with Gasteiger partial charge >= 0.3 is 5.97 Å². The first kappa shape index (κ1) is 14.5. The van der Waals surface area contributed by atoms with Crippen LogP contribution in [0.4, 0.5) is 0 Å². The summed E-state index contributed by atoms with van der Waals surface area (Å²) in [5.41, 5.74) is 0.552. The van der Waals surface area contributed by atoms with E-state index in [0.29, 0.717) is 23.2 Å². The maximum absolute atomic E-state index is 11.9. The molecule has 0 saturated carbocycles. The van der Waals surface area contributed by atoms with Crippen molar-refractivity contribution >= 4 is 23.1 Å². The van der Waals surface area contributed by atoms with Crippen LogP contribution in [0.2, 0.25) is 0 Å². The molecule has 0 aromatic carbocycles. The first-order valence-corrected chi connectivity index (χ1v) is 7.96. The minimum atomic E-state index is -0.438. The standard InChI is InChI=1S/C15H11N5O3S/c21-13(7-12-18-15-16-4-2-5-20(15)19-12)22-8-10-9-23-14(17-10)11-3-1-6-24-11/h1-6,9H,7-8H2. The second-order valence-corrected chi connectivity index (χ2v) is 5.80. The smallest absolute Gasteiger partial charge is 0.314 e. The predicted octanol–water partition coefficient (Wildman–Crippen LogP) is 2.13. The lowest BCUT2D eigenvalue weighted by Gasteiger charge is -1.99. The highest BCUT2D eigenvalue weighted by Crippen LogP contribution is 2.23. The maximum atomic E-state index is 11.9. The van der Waals surface area contributed by atoms with Crippen LogP contribution in [0.1, 0.15) is 11.5 Å². The summed E-state index contributed by atoms with van der Waals surface area (Å²) >= 11 is 1.53. The highest BCUT2D eigenvalue weighted by Gasteiger charge is 2.13. The van der Waals surface area contributed by atoms with Crippen LogP contribution in [0, 0.1) is 0 Å². The van der Waals surface area contributed by atoms with Crippen LogP contribution >= 0.6 is 11.3 Å². The Bertz CT molecular complexity index is 943. The molecule has 0 atom stereocenters. The normalized spacial score (nSPS) is 11.0. The summed E-state index contributed by atoms with van der Waals surface area (Å²) in [7, 11) is 0. The molecular weight excluding hydrogens is 330 g/mol. The molecule has 0 N–H and O–H groups in total. The van der Waals surface area contributed by atoms with Gasteiger partial charge in [-0.2, -0.15) is 4.98 Å². The molecule has 4 aromatic rings. The summed E-state index contributed by atoms with van der Waals surface area (Å²) < 4.78 is 12.1. The van der Waals surface area contributed by atoms with Gasteiger partial charge in [-0.05, 0) is 17.5 Å². The fourth-order valence-corrected chi connectivity index (χ4v) is 2.73. The molecule has 0 aliphatic carbocycles. The van der Waals surface area contributed by atoms with Crippen LogP contribution < -0.4 is 0 Å². The molecule has 120 valence electrons. The minimum Gasteiger partial charge on any atom is -0.459 e. The zero-order valence-electron chi connectivity index (χ0n) is 12.3. The molecular formula is C15H11N5O3S. The Morgan fingerprint density at radius 3 is 3.12 bits per heavy atom. The molecule has 0 aliphatic rings. The fourth-order valence-electron chi connectivity index (χ4n) is 2.07. The van der Waals surface area contributed by atoms with Gasteiger partial charge in [0, 0.05) is 12.4 Å². The third kappa shape index (κ3) is 3.01. The van der Waals surface area contributed by atoms with E-state index in [1.54, 1.807) is 18.5 Å². The number of rotatable bonds is 5. The number of thiophene rings is 1. The molecule has 8 nitrogen and oxygen atoms in total. The molecule has 9 heteroatoms. The highest BCUT2D eigenvalue weighted by atomic mass is 32.1. The lowest BCUT2D eigenvalue weighted by molar-refractivity contribution is -0.144. The summed E-state index contributed by atoms with van der Waals surface area (Å²) in [6.07, 6.45) is 4.78. The van der Waals surface area contributed by atoms with Gasteiger partial charge in [-0.25, -0.2) is 14.5 Å². The first-order chi connectivity index (χ1) is 11.8. The molecule has 0 unspecified atom stereocenters. The number of aromatic nitrogens is 5. The van der Waals surface area contributed by atoms with Crippen LogP contribution in [0.5, 0.6) is 0 Å². The van der Waals surface area contributed by atoms with E-state index in [1.807, 2.05) is 17.5 Å². The molecule has 4 rings (SSSR count). The first-order valence-electron chi connectivity index (χ1n) is 7.08. The molecule has 0 saturated heterocycles. The average molecular weight is 341 g/mol. The topological polar surface area (TPSA) is 95.4 Å². The molecule has 4 aromatic heterocycles. The molecule has 0 aliphatic heterocycles. The summed E-state index contributed by atoms with van der Waals surface area (Å²) in [6, 6.07) is 5.57. The SMILES string of the molecule is O=C(Cc1nc2ncccn2n1)OCc1coc(-c2cccs2)n1. The van der Waals surface area contributed by atoms with Gasteiger partial charge in [0.15, 0.2) is 5.82 Å². The number of esters is 1. The van der Waals surface area contributed by atoms with E-state index in [2.05, 4.69) is 20.1 Å². The van der Waals surface area contributed by atoms with E-state index in [0.717, 1.165) is 4.88 Å². The number of hydrogen-bond acceptors (Lipinski definition) is 8. The van der Waals surface area contributed by atoms with Crippen molar-refractivity contribution < 1.29 is 13.9 Å². The fraction of sp³-hybridized carbons (Fsp3) is 0.133. The van der Waals surface area contributed by atoms with Crippen LogP contribution in [0.25, 0.3) is 16.5 Å². The van der Waals surface area contributed by atoms with Gasteiger partial charge in [0.1, 0.15) is 25.0 Å². The van der Waals surface area contributed by atoms with Crippen molar-refractivity contribution in [3.8, 4) is 10.8 Å². The zero-order valence-corrected chi connectivity index (χ0v) is 13.1. The van der Waals surface area contributed by atoms with E-state index >= 15 is 0 Å². The van der Waals surface area contributed by atoms with E-state index in [4.69, 9.17) is 9.15 Å². The van der Waals surface area contributed by atoms with Crippen LogP contribution in [-0.2, 0) is 22.6 Å². The number of nitrogens with zero attached hydrogens (tertiary/aromatic N) is 5. The van der Waals surface area contributed by atoms with Crippen molar-refractivity contribution in [3.63, 3.8) is 0 Å². The monoisotopic (exact) mass is 341 g/mol. The van der Waals surface area contributed by atoms with Crippen LogP contribution in [-0.4, -0.2) is 30.5 Å². The van der Waals surface area contributed by atoms with Gasteiger partial charge < -0.3 is 9.15 Å². The second-order valence-electron chi connectivity index (χ2n) is 4.85. The highest BCUT2D eigenvalue weighted by molar-refractivity contribution is 7.13. The summed E-state index contributed by atoms with van der Waals surface area (Å²) in [6.45, 7) is 0.0410. The van der Waals surface area contributed by atoms with E-state index in [-0.39, 0.29) is 13.0 Å². The van der Waals surface area contributed by atoms with Gasteiger partial charge in [0.25, 0.3) is 5.78 Å². The number of carbonyl (C=O) groups is 1. The molecule has 0 radical (unpaired) electrons.